The molecule has 0 aliphatic heterocycles. The highest BCUT2D eigenvalue weighted by Crippen LogP contribution is 2.38. The lowest BCUT2D eigenvalue weighted by molar-refractivity contribution is -0.136. The first-order valence-corrected chi connectivity index (χ1v) is 8.31. The van der Waals surface area contributed by atoms with Crippen LogP contribution in [0.3, 0.4) is 0 Å². The SMILES string of the molecule is CCOc1ccc(Cl)cc1-c1[nH]c2ccc(C(=O)O)cc2c1CC(=O)O. The van der Waals surface area contributed by atoms with Crippen molar-refractivity contribution in [1.82, 2.24) is 4.98 Å². The van der Waals surface area contributed by atoms with E-state index in [0.29, 0.717) is 45.1 Å². The highest BCUT2D eigenvalue weighted by atomic mass is 35.5. The molecule has 0 saturated carbocycles. The fourth-order valence-electron chi connectivity index (χ4n) is 2.92. The average Bonchev–Trinajstić information content (AvgIpc) is 2.93. The first-order chi connectivity index (χ1) is 12.4. The van der Waals surface area contributed by atoms with Crippen molar-refractivity contribution in [3.63, 3.8) is 0 Å². The lowest BCUT2D eigenvalue weighted by Crippen LogP contribution is -2.02. The number of hydrogen-bond acceptors (Lipinski definition) is 3. The van der Waals surface area contributed by atoms with Crippen LogP contribution >= 0.6 is 11.6 Å². The van der Waals surface area contributed by atoms with Crippen molar-refractivity contribution in [2.24, 2.45) is 0 Å². The minimum Gasteiger partial charge on any atom is -0.493 e. The summed E-state index contributed by atoms with van der Waals surface area (Å²) >= 11 is 6.13. The molecular weight excluding hydrogens is 358 g/mol. The number of carboxylic acid groups (broad SMARTS) is 2. The van der Waals surface area contributed by atoms with Crippen LogP contribution in [0.15, 0.2) is 36.4 Å². The van der Waals surface area contributed by atoms with Gasteiger partial charge in [0.2, 0.25) is 0 Å². The predicted molar refractivity (Wildman–Crippen MR) is 98.2 cm³/mol. The van der Waals surface area contributed by atoms with Crippen LogP contribution in [-0.4, -0.2) is 33.7 Å². The first kappa shape index (κ1) is 17.8. The van der Waals surface area contributed by atoms with Gasteiger partial charge in [-0.2, -0.15) is 0 Å². The van der Waals surface area contributed by atoms with Crippen LogP contribution in [0.2, 0.25) is 5.02 Å². The number of hydrogen-bond donors (Lipinski definition) is 3. The Kier molecular flexibility index (Phi) is 4.86. The van der Waals surface area contributed by atoms with Gasteiger partial charge in [-0.25, -0.2) is 4.79 Å². The molecule has 3 rings (SSSR count). The molecule has 0 fully saturated rings. The molecule has 0 saturated heterocycles. The summed E-state index contributed by atoms with van der Waals surface area (Å²) in [6.07, 6.45) is -0.267. The van der Waals surface area contributed by atoms with Crippen LogP contribution in [0, 0.1) is 0 Å². The molecular formula is C19H16ClNO5. The molecule has 0 aliphatic rings. The second kappa shape index (κ2) is 7.09. The number of halogens is 1. The number of rotatable bonds is 6. The normalized spacial score (nSPS) is 10.8. The number of ether oxygens (including phenoxy) is 1. The zero-order valence-corrected chi connectivity index (χ0v) is 14.6. The van der Waals surface area contributed by atoms with Gasteiger partial charge in [0.25, 0.3) is 0 Å². The number of carbonyl (C=O) groups is 2. The fraction of sp³-hybridized carbons (Fsp3) is 0.158. The van der Waals surface area contributed by atoms with Crippen molar-refractivity contribution in [2.45, 2.75) is 13.3 Å². The number of benzene rings is 2. The Morgan fingerprint density at radius 2 is 1.92 bits per heavy atom. The van der Waals surface area contributed by atoms with Crippen molar-refractivity contribution >= 4 is 34.4 Å². The minimum atomic E-state index is -1.08. The van der Waals surface area contributed by atoms with Gasteiger partial charge in [-0.3, -0.25) is 4.79 Å². The summed E-state index contributed by atoms with van der Waals surface area (Å²) in [4.78, 5) is 25.9. The maximum Gasteiger partial charge on any atom is 0.335 e. The highest BCUT2D eigenvalue weighted by Gasteiger charge is 2.20. The molecule has 0 spiro atoms. The second-order valence-corrected chi connectivity index (χ2v) is 6.12. The fourth-order valence-corrected chi connectivity index (χ4v) is 3.10. The molecule has 0 bridgehead atoms. The number of fused-ring (bicyclic) bond motifs is 1. The lowest BCUT2D eigenvalue weighted by Gasteiger charge is -2.11. The lowest BCUT2D eigenvalue weighted by atomic mass is 10.0. The Bertz CT molecular complexity index is 1010. The summed E-state index contributed by atoms with van der Waals surface area (Å²) in [5.41, 5.74) is 2.40. The number of aromatic nitrogens is 1. The van der Waals surface area contributed by atoms with Crippen LogP contribution in [0.4, 0.5) is 0 Å². The largest absolute Gasteiger partial charge is 0.493 e. The zero-order valence-electron chi connectivity index (χ0n) is 13.9. The second-order valence-electron chi connectivity index (χ2n) is 5.69. The van der Waals surface area contributed by atoms with E-state index < -0.39 is 11.9 Å². The predicted octanol–water partition coefficient (Wildman–Crippen LogP) is 4.21. The van der Waals surface area contributed by atoms with Crippen molar-refractivity contribution < 1.29 is 24.5 Å². The Morgan fingerprint density at radius 3 is 2.58 bits per heavy atom. The van der Waals surface area contributed by atoms with Crippen LogP contribution in [-0.2, 0) is 11.2 Å². The highest BCUT2D eigenvalue weighted by molar-refractivity contribution is 6.31. The third kappa shape index (κ3) is 3.36. The standard InChI is InChI=1S/C19H16ClNO5/c1-2-26-16-6-4-11(20)8-14(16)18-13(9-17(22)23)12-7-10(19(24)25)3-5-15(12)21-18/h3-8,21H,2,9H2,1H3,(H,22,23)(H,24,25). The third-order valence-electron chi connectivity index (χ3n) is 3.99. The maximum absolute atomic E-state index is 11.4. The van der Waals surface area contributed by atoms with E-state index in [0.717, 1.165) is 0 Å². The molecule has 0 amide bonds. The van der Waals surface area contributed by atoms with Gasteiger partial charge in [0.1, 0.15) is 5.75 Å². The molecule has 26 heavy (non-hydrogen) atoms. The summed E-state index contributed by atoms with van der Waals surface area (Å²) in [5.74, 6) is -1.53. The molecule has 2 aromatic carbocycles. The number of H-pyrrole nitrogens is 1. The molecule has 134 valence electrons. The summed E-state index contributed by atoms with van der Waals surface area (Å²) in [6, 6.07) is 9.68. The molecule has 0 unspecified atom stereocenters. The molecule has 0 atom stereocenters. The smallest absolute Gasteiger partial charge is 0.335 e. The van der Waals surface area contributed by atoms with Gasteiger partial charge in [-0.05, 0) is 48.9 Å². The van der Waals surface area contributed by atoms with Gasteiger partial charge in [0.05, 0.1) is 24.3 Å². The number of nitrogens with one attached hydrogen (secondary N) is 1. The maximum atomic E-state index is 11.4. The van der Waals surface area contributed by atoms with E-state index >= 15 is 0 Å². The quantitative estimate of drug-likeness (QED) is 0.601. The molecule has 3 N–H and O–H groups in total. The molecule has 0 aliphatic carbocycles. The Hall–Kier alpha value is -2.99. The molecule has 1 heterocycles. The molecule has 0 radical (unpaired) electrons. The van der Waals surface area contributed by atoms with E-state index in [1.54, 1.807) is 24.3 Å². The van der Waals surface area contributed by atoms with E-state index in [1.807, 2.05) is 6.92 Å². The van der Waals surface area contributed by atoms with E-state index in [-0.39, 0.29) is 12.0 Å². The monoisotopic (exact) mass is 373 g/mol. The molecule has 1 aromatic heterocycles. The van der Waals surface area contributed by atoms with Gasteiger partial charge in [-0.1, -0.05) is 11.6 Å². The molecule has 7 heteroatoms. The zero-order chi connectivity index (χ0) is 18.8. The summed E-state index contributed by atoms with van der Waals surface area (Å²) in [5, 5.41) is 19.6. The van der Waals surface area contributed by atoms with Crippen molar-refractivity contribution in [3.8, 4) is 17.0 Å². The summed E-state index contributed by atoms with van der Waals surface area (Å²) in [7, 11) is 0. The van der Waals surface area contributed by atoms with E-state index in [1.165, 1.54) is 12.1 Å². The number of aromatic amines is 1. The number of aliphatic carboxylic acids is 1. The third-order valence-corrected chi connectivity index (χ3v) is 4.23. The van der Waals surface area contributed by atoms with Crippen molar-refractivity contribution in [1.29, 1.82) is 0 Å². The topological polar surface area (TPSA) is 99.6 Å². The van der Waals surface area contributed by atoms with E-state index in [4.69, 9.17) is 16.3 Å². The van der Waals surface area contributed by atoms with Gasteiger partial charge < -0.3 is 19.9 Å². The Morgan fingerprint density at radius 1 is 1.15 bits per heavy atom. The van der Waals surface area contributed by atoms with Gasteiger partial charge in [-0.15, -0.1) is 0 Å². The summed E-state index contributed by atoms with van der Waals surface area (Å²) < 4.78 is 5.64. The summed E-state index contributed by atoms with van der Waals surface area (Å²) in [6.45, 7) is 2.28. The number of aromatic carboxylic acids is 1. The average molecular weight is 374 g/mol. The van der Waals surface area contributed by atoms with Crippen LogP contribution < -0.4 is 4.74 Å². The van der Waals surface area contributed by atoms with Crippen molar-refractivity contribution in [2.75, 3.05) is 6.61 Å². The number of carboxylic acids is 2. The van der Waals surface area contributed by atoms with Crippen LogP contribution in [0.25, 0.3) is 22.2 Å². The minimum absolute atomic E-state index is 0.0887. The molecule has 6 nitrogen and oxygen atoms in total. The molecule has 3 aromatic rings. The van der Waals surface area contributed by atoms with Crippen LogP contribution in [0.1, 0.15) is 22.8 Å². The van der Waals surface area contributed by atoms with Crippen LogP contribution in [0.5, 0.6) is 5.75 Å². The van der Waals surface area contributed by atoms with E-state index in [2.05, 4.69) is 4.98 Å². The Labute approximate surface area is 154 Å². The van der Waals surface area contributed by atoms with Gasteiger partial charge in [0, 0.05) is 21.5 Å². The Balaban J connectivity index is 2.30. The van der Waals surface area contributed by atoms with Gasteiger partial charge in [0.15, 0.2) is 0 Å². The van der Waals surface area contributed by atoms with Crippen molar-refractivity contribution in [3.05, 3.63) is 52.5 Å². The first-order valence-electron chi connectivity index (χ1n) is 7.93. The van der Waals surface area contributed by atoms with Gasteiger partial charge >= 0.3 is 11.9 Å². The van der Waals surface area contributed by atoms with E-state index in [9.17, 15) is 19.8 Å².